The number of nitrogens with one attached hydrogen (secondary N) is 2. The number of carbonyl (C=O) groups is 2. The summed E-state index contributed by atoms with van der Waals surface area (Å²) in [6.45, 7) is 1.74. The van der Waals surface area contributed by atoms with E-state index < -0.39 is 11.7 Å². The molecule has 2 N–H and O–H groups in total. The molecule has 2 fully saturated rings. The number of anilines is 1. The number of ether oxygens (including phenoxy) is 1. The summed E-state index contributed by atoms with van der Waals surface area (Å²) in [6, 6.07) is 5.85. The molecule has 182 valence electrons. The minimum absolute atomic E-state index is 0.0212. The highest BCUT2D eigenvalue weighted by Gasteiger charge is 2.28. The van der Waals surface area contributed by atoms with Crippen molar-refractivity contribution in [2.75, 3.05) is 16.8 Å². The molecule has 1 aromatic carbocycles. The molecule has 0 unspecified atom stereocenters. The van der Waals surface area contributed by atoms with Gasteiger partial charge in [-0.15, -0.1) is 5.10 Å². The maximum atomic E-state index is 13.6. The fraction of sp³-hybridized carbons (Fsp3) is 0.304. The third kappa shape index (κ3) is 5.24. The Morgan fingerprint density at radius 3 is 2.60 bits per heavy atom. The van der Waals surface area contributed by atoms with Gasteiger partial charge in [-0.25, -0.2) is 14.1 Å². The first-order valence-corrected chi connectivity index (χ1v) is 12.8. The number of nitrogens with zero attached hydrogens (tertiary/aromatic N) is 3. The minimum Gasteiger partial charge on any atom is -0.472 e. The normalized spacial score (nSPS) is 15.4. The van der Waals surface area contributed by atoms with Crippen molar-refractivity contribution >= 4 is 52.5 Å². The Hall–Kier alpha value is -2.82. The first-order valence-electron chi connectivity index (χ1n) is 10.9. The number of hydrogen-bond donors (Lipinski definition) is 2. The number of aryl methyl sites for hydroxylation is 1. The summed E-state index contributed by atoms with van der Waals surface area (Å²) in [5.74, 6) is 0.377. The van der Waals surface area contributed by atoms with Crippen molar-refractivity contribution in [2.45, 2.75) is 31.9 Å². The monoisotopic (exact) mass is 535 g/mol. The summed E-state index contributed by atoms with van der Waals surface area (Å²) in [5.41, 5.74) is 1.23. The summed E-state index contributed by atoms with van der Waals surface area (Å²) in [7, 11) is 0. The zero-order valence-electron chi connectivity index (χ0n) is 18.5. The van der Waals surface area contributed by atoms with Gasteiger partial charge in [-0.3, -0.25) is 9.59 Å². The topological polar surface area (TPSA) is 98.1 Å². The Kier molecular flexibility index (Phi) is 6.61. The second kappa shape index (κ2) is 9.67. The molecular formula is C23H20Cl2FN5O3S. The van der Waals surface area contributed by atoms with Gasteiger partial charge in [0.2, 0.25) is 5.88 Å². The quantitative estimate of drug-likeness (QED) is 0.456. The maximum absolute atomic E-state index is 13.6. The lowest BCUT2D eigenvalue weighted by atomic mass is 10.1. The highest BCUT2D eigenvalue weighted by molar-refractivity contribution is 8.00. The van der Waals surface area contributed by atoms with Crippen LogP contribution in [-0.2, 0) is 0 Å². The number of hydrogen-bond acceptors (Lipinski definition) is 6. The van der Waals surface area contributed by atoms with Crippen LogP contribution in [0.25, 0.3) is 5.82 Å². The van der Waals surface area contributed by atoms with Gasteiger partial charge in [0.25, 0.3) is 11.8 Å². The average Bonchev–Trinajstić information content (AvgIpc) is 3.48. The smallest absolute Gasteiger partial charge is 0.274 e. The van der Waals surface area contributed by atoms with Gasteiger partial charge in [0.1, 0.15) is 17.6 Å². The molecule has 1 saturated heterocycles. The third-order valence-corrected chi connectivity index (χ3v) is 7.21. The van der Waals surface area contributed by atoms with Crippen molar-refractivity contribution in [1.82, 2.24) is 20.1 Å². The van der Waals surface area contributed by atoms with E-state index in [4.69, 9.17) is 27.9 Å². The lowest BCUT2D eigenvalue weighted by molar-refractivity contribution is 0.0952. The summed E-state index contributed by atoms with van der Waals surface area (Å²) in [6.07, 6.45) is 2.80. The SMILES string of the molecule is Cc1cc(Cl)cc(C(=O)NC2CC2)c1NC(=O)c1cc(OC2CSC2)nn1-c1ncc(F)cc1Cl. The number of amides is 2. The summed E-state index contributed by atoms with van der Waals surface area (Å²) in [4.78, 5) is 30.3. The Morgan fingerprint density at radius 2 is 1.94 bits per heavy atom. The number of benzene rings is 1. The van der Waals surface area contributed by atoms with E-state index in [1.54, 1.807) is 24.8 Å². The fourth-order valence-corrected chi connectivity index (χ4v) is 4.58. The Balaban J connectivity index is 1.51. The van der Waals surface area contributed by atoms with Gasteiger partial charge in [-0.05, 0) is 43.5 Å². The van der Waals surface area contributed by atoms with Crippen LogP contribution >= 0.6 is 35.0 Å². The number of thioether (sulfide) groups is 1. The van der Waals surface area contributed by atoms with Gasteiger partial charge in [0, 0.05) is 28.6 Å². The van der Waals surface area contributed by atoms with Crippen LogP contribution in [-0.4, -0.2) is 50.2 Å². The number of carbonyl (C=O) groups excluding carboxylic acids is 2. The predicted octanol–water partition coefficient (Wildman–Crippen LogP) is 4.66. The second-order valence-electron chi connectivity index (χ2n) is 8.36. The molecule has 5 rings (SSSR count). The molecule has 0 bridgehead atoms. The Morgan fingerprint density at radius 1 is 1.17 bits per heavy atom. The van der Waals surface area contributed by atoms with E-state index in [0.717, 1.165) is 36.6 Å². The van der Waals surface area contributed by atoms with Gasteiger partial charge in [0.05, 0.1) is 22.5 Å². The zero-order valence-corrected chi connectivity index (χ0v) is 20.8. The molecule has 12 heteroatoms. The molecular weight excluding hydrogens is 516 g/mol. The highest BCUT2D eigenvalue weighted by Crippen LogP contribution is 2.30. The second-order valence-corrected chi connectivity index (χ2v) is 10.3. The first-order chi connectivity index (χ1) is 16.8. The van der Waals surface area contributed by atoms with Gasteiger partial charge in [0.15, 0.2) is 5.82 Å². The van der Waals surface area contributed by atoms with Crippen molar-refractivity contribution in [3.8, 4) is 11.7 Å². The van der Waals surface area contributed by atoms with Crippen LogP contribution in [0.2, 0.25) is 10.0 Å². The largest absolute Gasteiger partial charge is 0.472 e. The molecule has 2 amide bonds. The third-order valence-electron chi connectivity index (χ3n) is 5.50. The molecule has 2 aliphatic rings. The number of pyridine rings is 1. The number of aromatic nitrogens is 3. The van der Waals surface area contributed by atoms with E-state index in [1.807, 2.05) is 0 Å². The minimum atomic E-state index is -0.622. The summed E-state index contributed by atoms with van der Waals surface area (Å²) >= 11 is 14.1. The standard InChI is InChI=1S/C23H20Cl2FN5O3S/c1-11-4-12(24)5-16(22(32)28-14-2-3-14)20(11)29-23(33)18-7-19(34-15-9-35-10-15)30-31(18)21-17(25)6-13(26)8-27-21/h4-8,14-15H,2-3,9-10H2,1H3,(H,28,32)(H,29,33). The van der Waals surface area contributed by atoms with E-state index in [0.29, 0.717) is 16.3 Å². The Labute approximate surface area is 214 Å². The van der Waals surface area contributed by atoms with E-state index in [1.165, 1.54) is 16.8 Å². The summed E-state index contributed by atoms with van der Waals surface area (Å²) < 4.78 is 20.7. The summed E-state index contributed by atoms with van der Waals surface area (Å²) in [5, 5.41) is 10.4. The van der Waals surface area contributed by atoms with Gasteiger partial charge in [-0.2, -0.15) is 11.8 Å². The van der Waals surface area contributed by atoms with Gasteiger partial charge >= 0.3 is 0 Å². The van der Waals surface area contributed by atoms with E-state index in [2.05, 4.69) is 20.7 Å². The molecule has 3 aromatic rings. The lowest BCUT2D eigenvalue weighted by Gasteiger charge is -2.24. The van der Waals surface area contributed by atoms with Crippen LogP contribution in [0, 0.1) is 12.7 Å². The van der Waals surface area contributed by atoms with E-state index in [-0.39, 0.29) is 46.0 Å². The van der Waals surface area contributed by atoms with Crippen LogP contribution in [0.5, 0.6) is 5.88 Å². The van der Waals surface area contributed by atoms with Gasteiger partial charge < -0.3 is 15.4 Å². The van der Waals surface area contributed by atoms with Crippen molar-refractivity contribution in [2.24, 2.45) is 0 Å². The zero-order chi connectivity index (χ0) is 24.7. The van der Waals surface area contributed by atoms with Crippen molar-refractivity contribution < 1.29 is 18.7 Å². The van der Waals surface area contributed by atoms with Gasteiger partial charge in [-0.1, -0.05) is 23.2 Å². The number of halogens is 3. The molecule has 0 atom stereocenters. The van der Waals surface area contributed by atoms with Crippen LogP contribution in [0.15, 0.2) is 30.5 Å². The molecule has 35 heavy (non-hydrogen) atoms. The van der Waals surface area contributed by atoms with Crippen molar-refractivity contribution in [3.05, 3.63) is 63.1 Å². The Bertz CT molecular complexity index is 1330. The molecule has 8 nitrogen and oxygen atoms in total. The van der Waals surface area contributed by atoms with E-state index >= 15 is 0 Å². The maximum Gasteiger partial charge on any atom is 0.274 e. The van der Waals surface area contributed by atoms with Crippen LogP contribution < -0.4 is 15.4 Å². The van der Waals surface area contributed by atoms with Crippen LogP contribution in [0.4, 0.5) is 10.1 Å². The average molecular weight is 536 g/mol. The predicted molar refractivity (Wildman–Crippen MR) is 133 cm³/mol. The molecule has 1 aliphatic heterocycles. The van der Waals surface area contributed by atoms with E-state index in [9.17, 15) is 14.0 Å². The molecule has 1 saturated carbocycles. The fourth-order valence-electron chi connectivity index (χ4n) is 3.51. The van der Waals surface area contributed by atoms with Crippen molar-refractivity contribution in [1.29, 1.82) is 0 Å². The van der Waals surface area contributed by atoms with Crippen molar-refractivity contribution in [3.63, 3.8) is 0 Å². The molecule has 0 radical (unpaired) electrons. The molecule has 2 aromatic heterocycles. The molecule has 3 heterocycles. The molecule has 0 spiro atoms. The first kappa shape index (κ1) is 23.9. The highest BCUT2D eigenvalue weighted by atomic mass is 35.5. The van der Waals surface area contributed by atoms with Crippen LogP contribution in [0.1, 0.15) is 39.3 Å². The number of rotatable bonds is 7. The van der Waals surface area contributed by atoms with Crippen LogP contribution in [0.3, 0.4) is 0 Å². The lowest BCUT2D eigenvalue weighted by Crippen LogP contribution is -2.31. The molecule has 1 aliphatic carbocycles.